The molecule has 0 saturated heterocycles. The lowest BCUT2D eigenvalue weighted by Crippen LogP contribution is -2.34. The Kier molecular flexibility index (Phi) is 7.36. The number of likely N-dealkylation sites (N-methyl/N-ethyl adjacent to an activating group) is 1. The van der Waals surface area contributed by atoms with Gasteiger partial charge in [0.05, 0.1) is 22.9 Å². The molecule has 2 aromatic carbocycles. The van der Waals surface area contributed by atoms with Crippen LogP contribution in [0.1, 0.15) is 34.0 Å². The highest BCUT2D eigenvalue weighted by Crippen LogP contribution is 2.38. The number of halogens is 3. The molecule has 0 bridgehead atoms. The second-order valence-electron chi connectivity index (χ2n) is 9.35. The highest BCUT2D eigenvalue weighted by Gasteiger charge is 2.30. The number of nitrogens with zero attached hydrogens (tertiary/aromatic N) is 2. The van der Waals surface area contributed by atoms with E-state index in [9.17, 15) is 22.8 Å². The zero-order valence-corrected chi connectivity index (χ0v) is 21.0. The van der Waals surface area contributed by atoms with E-state index >= 15 is 0 Å². The number of amides is 2. The van der Waals surface area contributed by atoms with Gasteiger partial charge >= 0.3 is 0 Å². The van der Waals surface area contributed by atoms with E-state index in [1.807, 2.05) is 30.3 Å². The molecule has 0 fully saturated rings. The van der Waals surface area contributed by atoms with Crippen LogP contribution in [0.2, 0.25) is 0 Å². The number of hydrogen-bond acceptors (Lipinski definition) is 4. The Bertz CT molecular complexity index is 1490. The Morgan fingerprint density at radius 2 is 1.85 bits per heavy atom. The molecule has 10 heteroatoms. The molecule has 0 spiro atoms. The molecule has 2 amide bonds. The number of pyridine rings is 1. The van der Waals surface area contributed by atoms with E-state index in [1.165, 1.54) is 18.3 Å². The van der Waals surface area contributed by atoms with Gasteiger partial charge in [0, 0.05) is 49.6 Å². The molecule has 1 aliphatic rings. The van der Waals surface area contributed by atoms with Crippen molar-refractivity contribution in [3.05, 3.63) is 95.6 Å². The van der Waals surface area contributed by atoms with Crippen molar-refractivity contribution < 1.29 is 22.8 Å². The molecule has 3 N–H and O–H groups in total. The Morgan fingerprint density at radius 1 is 1.10 bits per heavy atom. The number of benzene rings is 2. The molecule has 0 radical (unpaired) electrons. The topological polar surface area (TPSA) is 90.1 Å². The number of H-pyrrole nitrogens is 1. The normalized spacial score (nSPS) is 13.8. The third-order valence-electron chi connectivity index (χ3n) is 6.68. The fourth-order valence-electron chi connectivity index (χ4n) is 4.69. The van der Waals surface area contributed by atoms with Crippen LogP contribution in [0.15, 0.2) is 72.9 Å². The maximum absolute atomic E-state index is 13.4. The average molecular weight is 534 g/mol. The molecule has 1 atom stereocenters. The zero-order chi connectivity index (χ0) is 27.5. The predicted molar refractivity (Wildman–Crippen MR) is 143 cm³/mol. The summed E-state index contributed by atoms with van der Waals surface area (Å²) in [5.41, 5.74) is 4.26. The number of alkyl halides is 2. The van der Waals surface area contributed by atoms with Crippen molar-refractivity contribution >= 4 is 29.0 Å². The smallest absolute Gasteiger partial charge is 0.257 e. The van der Waals surface area contributed by atoms with Gasteiger partial charge in [-0.3, -0.25) is 9.59 Å². The van der Waals surface area contributed by atoms with Crippen LogP contribution in [-0.2, 0) is 11.2 Å². The van der Waals surface area contributed by atoms with E-state index in [4.69, 9.17) is 0 Å². The maximum Gasteiger partial charge on any atom is 0.257 e. The molecule has 3 heterocycles. The second kappa shape index (κ2) is 11.0. The quantitative estimate of drug-likeness (QED) is 0.261. The number of aromatic amines is 1. The summed E-state index contributed by atoms with van der Waals surface area (Å²) in [6.07, 6.45) is -1.33. The molecule has 5 rings (SSSR count). The molecule has 4 aromatic rings. The Hall–Kier alpha value is -4.60. The number of para-hydroxylation sites is 1. The van der Waals surface area contributed by atoms with E-state index < -0.39 is 30.5 Å². The number of carbonyl (C=O) groups excluding carboxylic acids is 2. The van der Waals surface area contributed by atoms with Crippen molar-refractivity contribution in [1.82, 2.24) is 14.9 Å². The predicted octanol–water partition coefficient (Wildman–Crippen LogP) is 5.97. The fraction of sp³-hybridized carbons (Fsp3) is 0.207. The van der Waals surface area contributed by atoms with Crippen LogP contribution < -0.4 is 10.6 Å². The monoisotopic (exact) mass is 533 g/mol. The van der Waals surface area contributed by atoms with E-state index in [-0.39, 0.29) is 17.3 Å². The van der Waals surface area contributed by atoms with Crippen LogP contribution in [-0.4, -0.2) is 46.7 Å². The van der Waals surface area contributed by atoms with Crippen molar-refractivity contribution in [3.8, 4) is 11.3 Å². The Labute approximate surface area is 223 Å². The minimum Gasteiger partial charge on any atom is -0.356 e. The summed E-state index contributed by atoms with van der Waals surface area (Å²) in [4.78, 5) is 35.4. The molecule has 200 valence electrons. The van der Waals surface area contributed by atoms with Gasteiger partial charge in [-0.25, -0.2) is 18.2 Å². The first-order valence-electron chi connectivity index (χ1n) is 12.4. The summed E-state index contributed by atoms with van der Waals surface area (Å²) in [6.45, 7) is 0.573. The Balaban J connectivity index is 1.48. The number of rotatable bonds is 8. The van der Waals surface area contributed by atoms with Crippen LogP contribution >= 0.6 is 0 Å². The van der Waals surface area contributed by atoms with Crippen molar-refractivity contribution in [2.24, 2.45) is 0 Å². The van der Waals surface area contributed by atoms with Gasteiger partial charge in [-0.2, -0.15) is 0 Å². The van der Waals surface area contributed by atoms with E-state index in [0.29, 0.717) is 35.5 Å². The molecule has 7 nitrogen and oxygen atoms in total. The third kappa shape index (κ3) is 5.64. The van der Waals surface area contributed by atoms with Crippen molar-refractivity contribution in [1.29, 1.82) is 0 Å². The van der Waals surface area contributed by atoms with Gasteiger partial charge in [0.2, 0.25) is 12.3 Å². The van der Waals surface area contributed by atoms with Crippen LogP contribution in [0.3, 0.4) is 0 Å². The third-order valence-corrected chi connectivity index (χ3v) is 6.68. The summed E-state index contributed by atoms with van der Waals surface area (Å²) in [6, 6.07) is 17.7. The zero-order valence-electron chi connectivity index (χ0n) is 21.0. The molecule has 2 aromatic heterocycles. The lowest BCUT2D eigenvalue weighted by Gasteiger charge is -2.23. The molecular weight excluding hydrogens is 507 g/mol. The first-order valence-corrected chi connectivity index (χ1v) is 12.4. The molecule has 0 saturated carbocycles. The van der Waals surface area contributed by atoms with Gasteiger partial charge in [-0.15, -0.1) is 0 Å². The molecule has 0 aliphatic carbocycles. The highest BCUT2D eigenvalue weighted by atomic mass is 19.3. The number of nitrogens with one attached hydrogen (secondary N) is 3. The number of carbonyl (C=O) groups is 2. The maximum atomic E-state index is 13.4. The van der Waals surface area contributed by atoms with E-state index in [2.05, 4.69) is 20.6 Å². The fourth-order valence-corrected chi connectivity index (χ4v) is 4.69. The van der Waals surface area contributed by atoms with Crippen molar-refractivity contribution in [3.63, 3.8) is 0 Å². The van der Waals surface area contributed by atoms with E-state index in [0.717, 1.165) is 23.5 Å². The lowest BCUT2D eigenvalue weighted by molar-refractivity contribution is -0.118. The first-order chi connectivity index (χ1) is 18.8. The van der Waals surface area contributed by atoms with E-state index in [1.54, 1.807) is 24.1 Å². The van der Waals surface area contributed by atoms with Crippen molar-refractivity contribution in [2.45, 2.75) is 25.2 Å². The Morgan fingerprint density at radius 3 is 2.56 bits per heavy atom. The van der Waals surface area contributed by atoms with Gasteiger partial charge < -0.3 is 20.5 Å². The van der Waals surface area contributed by atoms with Gasteiger partial charge in [-0.1, -0.05) is 30.3 Å². The van der Waals surface area contributed by atoms with Gasteiger partial charge in [0.25, 0.3) is 5.91 Å². The largest absolute Gasteiger partial charge is 0.356 e. The highest BCUT2D eigenvalue weighted by molar-refractivity contribution is 6.06. The molecular formula is C29H26F3N5O2. The van der Waals surface area contributed by atoms with Gasteiger partial charge in [0.15, 0.2) is 0 Å². The molecule has 0 unspecified atom stereocenters. The van der Waals surface area contributed by atoms with Crippen LogP contribution in [0, 0.1) is 5.82 Å². The standard InChI is InChI=1S/C29H26F3N5O2/c1-37-14-12-22-25(29(37)39)27(34-20-5-3-2-4-6-20)26(35-22)18-11-13-33-24(15-18)36-28(38)21(16-23(31)32)17-7-9-19(30)10-8-17/h2-11,13,15,21,23,34-35H,12,14,16H2,1H3,(H,33,36,38)/t21-/m1/s1. The van der Waals surface area contributed by atoms with Crippen LogP contribution in [0.5, 0.6) is 0 Å². The van der Waals surface area contributed by atoms with Crippen LogP contribution in [0.25, 0.3) is 11.3 Å². The summed E-state index contributed by atoms with van der Waals surface area (Å²) in [5, 5.41) is 5.99. The molecule has 1 aliphatic heterocycles. The number of aromatic nitrogens is 2. The summed E-state index contributed by atoms with van der Waals surface area (Å²) in [5.74, 6) is -2.37. The van der Waals surface area contributed by atoms with Gasteiger partial charge in [0.1, 0.15) is 11.6 Å². The molecule has 39 heavy (non-hydrogen) atoms. The average Bonchev–Trinajstić information content (AvgIpc) is 3.29. The summed E-state index contributed by atoms with van der Waals surface area (Å²) < 4.78 is 40.0. The minimum absolute atomic E-state index is 0.117. The lowest BCUT2D eigenvalue weighted by atomic mass is 9.95. The SMILES string of the molecule is CN1CCc2[nH]c(-c3ccnc(NC(=O)[C@H](CC(F)F)c4ccc(F)cc4)c3)c(Nc3ccccc3)c2C1=O. The van der Waals surface area contributed by atoms with Crippen molar-refractivity contribution in [2.75, 3.05) is 24.2 Å². The number of hydrogen-bond donors (Lipinski definition) is 3. The number of fused-ring (bicyclic) bond motifs is 1. The van der Waals surface area contributed by atoms with Gasteiger partial charge in [-0.05, 0) is 42.0 Å². The summed E-state index contributed by atoms with van der Waals surface area (Å²) >= 11 is 0. The number of anilines is 3. The van der Waals surface area contributed by atoms with Crippen LogP contribution in [0.4, 0.5) is 30.4 Å². The second-order valence-corrected chi connectivity index (χ2v) is 9.35. The first kappa shape index (κ1) is 26.0. The summed E-state index contributed by atoms with van der Waals surface area (Å²) in [7, 11) is 1.75. The minimum atomic E-state index is -2.74.